The van der Waals surface area contributed by atoms with Gasteiger partial charge in [-0.1, -0.05) is 0 Å². The summed E-state index contributed by atoms with van der Waals surface area (Å²) < 4.78 is 11.1. The Labute approximate surface area is 103 Å². The van der Waals surface area contributed by atoms with Crippen LogP contribution < -0.4 is 0 Å². The zero-order valence-electron chi connectivity index (χ0n) is 10.8. The Balaban J connectivity index is 1.83. The molecule has 0 spiro atoms. The van der Waals surface area contributed by atoms with Crippen LogP contribution in [0.4, 0.5) is 4.79 Å². The van der Waals surface area contributed by atoms with Crippen molar-refractivity contribution in [3.63, 3.8) is 0 Å². The van der Waals surface area contributed by atoms with Crippen LogP contribution >= 0.6 is 0 Å². The fraction of sp³-hybridized carbons (Fsp3) is 0.917. The summed E-state index contributed by atoms with van der Waals surface area (Å²) in [4.78, 5) is 15.8. The molecular weight excluding hydrogens is 220 g/mol. The number of rotatable bonds is 4. The Hall–Kier alpha value is -0.810. The molecular formula is C12H22N2O3. The zero-order chi connectivity index (χ0) is 12.3. The SMILES string of the molecule is CCN1CCCN(CCC2(C)OCCO2)C1=O. The van der Waals surface area contributed by atoms with E-state index in [1.807, 2.05) is 23.6 Å². The van der Waals surface area contributed by atoms with Gasteiger partial charge in [0, 0.05) is 32.6 Å². The molecule has 0 radical (unpaired) electrons. The zero-order valence-corrected chi connectivity index (χ0v) is 10.8. The van der Waals surface area contributed by atoms with Crippen LogP contribution in [0.1, 0.15) is 26.7 Å². The molecule has 2 fully saturated rings. The second-order valence-electron chi connectivity index (χ2n) is 4.78. The minimum atomic E-state index is -0.491. The van der Waals surface area contributed by atoms with E-state index in [-0.39, 0.29) is 6.03 Å². The number of ether oxygens (including phenoxy) is 2. The molecule has 5 nitrogen and oxygen atoms in total. The molecule has 2 aliphatic heterocycles. The predicted molar refractivity (Wildman–Crippen MR) is 63.8 cm³/mol. The summed E-state index contributed by atoms with van der Waals surface area (Å²) in [7, 11) is 0. The number of amides is 2. The standard InChI is InChI=1S/C12H22N2O3/c1-3-13-6-4-7-14(11(13)15)8-5-12(2)16-9-10-17-12/h3-10H2,1-2H3. The molecule has 0 aliphatic carbocycles. The van der Waals surface area contributed by atoms with Crippen molar-refractivity contribution < 1.29 is 14.3 Å². The van der Waals surface area contributed by atoms with Gasteiger partial charge in [0.15, 0.2) is 5.79 Å². The van der Waals surface area contributed by atoms with Crippen molar-refractivity contribution in [2.45, 2.75) is 32.5 Å². The van der Waals surface area contributed by atoms with E-state index in [2.05, 4.69) is 0 Å². The number of urea groups is 1. The summed E-state index contributed by atoms with van der Waals surface area (Å²) in [5.41, 5.74) is 0. The van der Waals surface area contributed by atoms with E-state index in [9.17, 15) is 4.79 Å². The molecule has 2 heterocycles. The molecule has 2 aliphatic rings. The van der Waals surface area contributed by atoms with E-state index in [0.29, 0.717) is 19.8 Å². The topological polar surface area (TPSA) is 42.0 Å². The average molecular weight is 242 g/mol. The van der Waals surface area contributed by atoms with Crippen LogP contribution in [0, 0.1) is 0 Å². The van der Waals surface area contributed by atoms with Crippen molar-refractivity contribution in [2.75, 3.05) is 39.4 Å². The van der Waals surface area contributed by atoms with E-state index >= 15 is 0 Å². The molecule has 17 heavy (non-hydrogen) atoms. The lowest BCUT2D eigenvalue weighted by molar-refractivity contribution is -0.148. The third-order valence-electron chi connectivity index (χ3n) is 3.51. The maximum atomic E-state index is 12.0. The molecule has 98 valence electrons. The van der Waals surface area contributed by atoms with Gasteiger partial charge in [-0.15, -0.1) is 0 Å². The van der Waals surface area contributed by atoms with E-state index < -0.39 is 5.79 Å². The van der Waals surface area contributed by atoms with Crippen LogP contribution in [0.2, 0.25) is 0 Å². The first-order valence-corrected chi connectivity index (χ1v) is 6.46. The average Bonchev–Trinajstić information content (AvgIpc) is 2.75. The lowest BCUT2D eigenvalue weighted by Gasteiger charge is -2.36. The molecule has 0 saturated carbocycles. The van der Waals surface area contributed by atoms with Gasteiger partial charge in [0.1, 0.15) is 0 Å². The van der Waals surface area contributed by atoms with Gasteiger partial charge in [-0.2, -0.15) is 0 Å². The number of nitrogens with zero attached hydrogens (tertiary/aromatic N) is 2. The van der Waals surface area contributed by atoms with E-state index in [4.69, 9.17) is 9.47 Å². The van der Waals surface area contributed by atoms with Crippen molar-refractivity contribution in [1.82, 2.24) is 9.80 Å². The highest BCUT2D eigenvalue weighted by molar-refractivity contribution is 5.75. The molecule has 2 rings (SSSR count). The number of carbonyl (C=O) groups excluding carboxylic acids is 1. The molecule has 2 saturated heterocycles. The molecule has 0 N–H and O–H groups in total. The van der Waals surface area contributed by atoms with Crippen LogP contribution in [0.25, 0.3) is 0 Å². The largest absolute Gasteiger partial charge is 0.348 e. The van der Waals surface area contributed by atoms with Gasteiger partial charge in [0.25, 0.3) is 0 Å². The lowest BCUT2D eigenvalue weighted by Crippen LogP contribution is -2.50. The molecule has 0 aromatic heterocycles. The first-order valence-electron chi connectivity index (χ1n) is 6.46. The van der Waals surface area contributed by atoms with Gasteiger partial charge in [-0.05, 0) is 20.3 Å². The Kier molecular flexibility index (Phi) is 3.89. The minimum absolute atomic E-state index is 0.153. The maximum Gasteiger partial charge on any atom is 0.319 e. The number of carbonyl (C=O) groups is 1. The summed E-state index contributed by atoms with van der Waals surface area (Å²) in [6, 6.07) is 0.153. The van der Waals surface area contributed by atoms with Crippen LogP contribution in [-0.4, -0.2) is 61.0 Å². The molecule has 0 aromatic rings. The summed E-state index contributed by atoms with van der Waals surface area (Å²) >= 11 is 0. The Bertz CT molecular complexity index is 277. The van der Waals surface area contributed by atoms with Gasteiger partial charge >= 0.3 is 6.03 Å². The molecule has 2 amide bonds. The molecule has 0 aromatic carbocycles. The smallest absolute Gasteiger partial charge is 0.319 e. The van der Waals surface area contributed by atoms with E-state index in [1.165, 1.54) is 0 Å². The fourth-order valence-electron chi connectivity index (χ4n) is 2.38. The normalized spacial score (nSPS) is 24.5. The Morgan fingerprint density at radius 2 is 1.88 bits per heavy atom. The van der Waals surface area contributed by atoms with Gasteiger partial charge in [-0.3, -0.25) is 0 Å². The highest BCUT2D eigenvalue weighted by Gasteiger charge is 2.33. The van der Waals surface area contributed by atoms with Crippen LogP contribution in [0.3, 0.4) is 0 Å². The number of hydrogen-bond acceptors (Lipinski definition) is 3. The Morgan fingerprint density at radius 3 is 2.53 bits per heavy atom. The first-order chi connectivity index (χ1) is 8.14. The second kappa shape index (κ2) is 5.23. The van der Waals surface area contributed by atoms with Crippen molar-refractivity contribution >= 4 is 6.03 Å². The highest BCUT2D eigenvalue weighted by Crippen LogP contribution is 2.23. The van der Waals surface area contributed by atoms with Crippen molar-refractivity contribution in [3.8, 4) is 0 Å². The van der Waals surface area contributed by atoms with Crippen molar-refractivity contribution in [1.29, 1.82) is 0 Å². The van der Waals surface area contributed by atoms with E-state index in [0.717, 1.165) is 32.5 Å². The van der Waals surface area contributed by atoms with Gasteiger partial charge in [0.2, 0.25) is 0 Å². The monoisotopic (exact) mass is 242 g/mol. The highest BCUT2D eigenvalue weighted by atomic mass is 16.7. The van der Waals surface area contributed by atoms with Crippen LogP contribution in [0.5, 0.6) is 0 Å². The molecule has 0 bridgehead atoms. The number of hydrogen-bond donors (Lipinski definition) is 0. The second-order valence-corrected chi connectivity index (χ2v) is 4.78. The summed E-state index contributed by atoms with van der Waals surface area (Å²) in [6.45, 7) is 8.53. The predicted octanol–water partition coefficient (Wildman–Crippen LogP) is 1.29. The molecule has 0 unspecified atom stereocenters. The quantitative estimate of drug-likeness (QED) is 0.746. The van der Waals surface area contributed by atoms with Gasteiger partial charge in [-0.25, -0.2) is 4.79 Å². The van der Waals surface area contributed by atoms with Gasteiger partial charge < -0.3 is 19.3 Å². The first kappa shape index (κ1) is 12.6. The minimum Gasteiger partial charge on any atom is -0.348 e. The van der Waals surface area contributed by atoms with Crippen molar-refractivity contribution in [3.05, 3.63) is 0 Å². The summed E-state index contributed by atoms with van der Waals surface area (Å²) in [5, 5.41) is 0. The molecule has 0 atom stereocenters. The molecule has 5 heteroatoms. The van der Waals surface area contributed by atoms with Crippen LogP contribution in [0.15, 0.2) is 0 Å². The third kappa shape index (κ3) is 2.90. The fourth-order valence-corrected chi connectivity index (χ4v) is 2.38. The maximum absolute atomic E-state index is 12.0. The van der Waals surface area contributed by atoms with Crippen LogP contribution in [-0.2, 0) is 9.47 Å². The lowest BCUT2D eigenvalue weighted by atomic mass is 10.2. The summed E-state index contributed by atoms with van der Waals surface area (Å²) in [5.74, 6) is -0.491. The van der Waals surface area contributed by atoms with E-state index in [1.54, 1.807) is 0 Å². The van der Waals surface area contributed by atoms with Crippen molar-refractivity contribution in [2.24, 2.45) is 0 Å². The summed E-state index contributed by atoms with van der Waals surface area (Å²) in [6.07, 6.45) is 1.80. The van der Waals surface area contributed by atoms with Gasteiger partial charge in [0.05, 0.1) is 13.2 Å². The Morgan fingerprint density at radius 1 is 1.24 bits per heavy atom. The third-order valence-corrected chi connectivity index (χ3v) is 3.51.